The minimum atomic E-state index is -3.47. The first-order valence-corrected chi connectivity index (χ1v) is 6.79. The Hall–Kier alpha value is -1.11. The number of aryl methyl sites for hydroxylation is 1. The molecule has 2 N–H and O–H groups in total. The molecule has 0 radical (unpaired) electrons. The quantitative estimate of drug-likeness (QED) is 0.846. The zero-order valence-corrected chi connectivity index (χ0v) is 10.7. The van der Waals surface area contributed by atoms with Gasteiger partial charge in [0.15, 0.2) is 0 Å². The summed E-state index contributed by atoms with van der Waals surface area (Å²) in [5.74, 6) is 0.371. The number of nitrogens with two attached hydrogens (primary N) is 1. The van der Waals surface area contributed by atoms with E-state index in [1.54, 1.807) is 12.1 Å². The summed E-state index contributed by atoms with van der Waals surface area (Å²) in [5.41, 5.74) is 6.49. The lowest BCUT2D eigenvalue weighted by molar-refractivity contribution is 0.264. The SMILES string of the molecule is COc1ccc(C)cc1S(=O)(=O)N1CC(N)C1. The highest BCUT2D eigenvalue weighted by molar-refractivity contribution is 7.89. The van der Waals surface area contributed by atoms with Gasteiger partial charge in [-0.05, 0) is 24.6 Å². The Morgan fingerprint density at radius 2 is 2.06 bits per heavy atom. The van der Waals surface area contributed by atoms with Gasteiger partial charge in [0.2, 0.25) is 10.0 Å². The zero-order chi connectivity index (χ0) is 12.6. The van der Waals surface area contributed by atoms with Gasteiger partial charge in [-0.3, -0.25) is 0 Å². The highest BCUT2D eigenvalue weighted by Gasteiger charge is 2.36. The molecule has 1 aromatic carbocycles. The average molecular weight is 256 g/mol. The summed E-state index contributed by atoms with van der Waals surface area (Å²) in [5, 5.41) is 0. The van der Waals surface area contributed by atoms with Gasteiger partial charge < -0.3 is 10.5 Å². The molecule has 0 atom stereocenters. The largest absolute Gasteiger partial charge is 0.495 e. The Labute approximate surface area is 101 Å². The first kappa shape index (κ1) is 12.3. The summed E-state index contributed by atoms with van der Waals surface area (Å²) in [4.78, 5) is 0.215. The van der Waals surface area contributed by atoms with Gasteiger partial charge >= 0.3 is 0 Å². The zero-order valence-electron chi connectivity index (χ0n) is 9.88. The molecule has 1 heterocycles. The first-order chi connectivity index (χ1) is 7.95. The summed E-state index contributed by atoms with van der Waals surface area (Å²) in [6.45, 7) is 2.60. The fourth-order valence-electron chi connectivity index (χ4n) is 1.79. The van der Waals surface area contributed by atoms with Gasteiger partial charge in [-0.1, -0.05) is 6.07 Å². The molecule has 1 fully saturated rings. The van der Waals surface area contributed by atoms with Crippen molar-refractivity contribution in [1.82, 2.24) is 4.31 Å². The summed E-state index contributed by atoms with van der Waals surface area (Å²) in [6.07, 6.45) is 0. The maximum absolute atomic E-state index is 12.3. The van der Waals surface area contributed by atoms with Crippen molar-refractivity contribution in [2.75, 3.05) is 20.2 Å². The van der Waals surface area contributed by atoms with Crippen LogP contribution in [0.1, 0.15) is 5.56 Å². The van der Waals surface area contributed by atoms with E-state index in [1.165, 1.54) is 11.4 Å². The second-order valence-corrected chi connectivity index (χ2v) is 6.14. The van der Waals surface area contributed by atoms with E-state index in [2.05, 4.69) is 0 Å². The topological polar surface area (TPSA) is 72.6 Å². The maximum atomic E-state index is 12.3. The fourth-order valence-corrected chi connectivity index (χ4v) is 3.58. The molecule has 0 bridgehead atoms. The van der Waals surface area contributed by atoms with Crippen LogP contribution in [0.5, 0.6) is 5.75 Å². The maximum Gasteiger partial charge on any atom is 0.246 e. The van der Waals surface area contributed by atoms with E-state index in [0.717, 1.165) is 5.56 Å². The Morgan fingerprint density at radius 3 is 2.59 bits per heavy atom. The highest BCUT2D eigenvalue weighted by Crippen LogP contribution is 2.29. The van der Waals surface area contributed by atoms with Crippen LogP contribution >= 0.6 is 0 Å². The standard InChI is InChI=1S/C11H16N2O3S/c1-8-3-4-10(16-2)11(5-8)17(14,15)13-6-9(12)7-13/h3-5,9H,6-7,12H2,1-2H3. The van der Waals surface area contributed by atoms with E-state index in [-0.39, 0.29) is 10.9 Å². The molecule has 0 unspecified atom stereocenters. The van der Waals surface area contributed by atoms with Crippen LogP contribution in [0.3, 0.4) is 0 Å². The smallest absolute Gasteiger partial charge is 0.246 e. The van der Waals surface area contributed by atoms with E-state index in [0.29, 0.717) is 18.8 Å². The van der Waals surface area contributed by atoms with E-state index in [9.17, 15) is 8.42 Å². The van der Waals surface area contributed by atoms with Crippen LogP contribution in [0.25, 0.3) is 0 Å². The molecule has 0 saturated carbocycles. The van der Waals surface area contributed by atoms with Crippen LogP contribution in [-0.2, 0) is 10.0 Å². The second kappa shape index (κ2) is 4.29. The number of hydrogen-bond donors (Lipinski definition) is 1. The van der Waals surface area contributed by atoms with Crippen molar-refractivity contribution >= 4 is 10.0 Å². The van der Waals surface area contributed by atoms with Gasteiger partial charge in [-0.2, -0.15) is 4.31 Å². The van der Waals surface area contributed by atoms with Crippen molar-refractivity contribution in [3.63, 3.8) is 0 Å². The van der Waals surface area contributed by atoms with Crippen LogP contribution < -0.4 is 10.5 Å². The summed E-state index contributed by atoms with van der Waals surface area (Å²) >= 11 is 0. The molecule has 1 aromatic rings. The predicted octanol–water partition coefficient (Wildman–Crippen LogP) is 0.335. The normalized spacial score (nSPS) is 17.8. The van der Waals surface area contributed by atoms with E-state index < -0.39 is 10.0 Å². The van der Waals surface area contributed by atoms with Crippen LogP contribution in [0.4, 0.5) is 0 Å². The average Bonchev–Trinajstić information content (AvgIpc) is 2.24. The number of ether oxygens (including phenoxy) is 1. The van der Waals surface area contributed by atoms with E-state index in [4.69, 9.17) is 10.5 Å². The van der Waals surface area contributed by atoms with Crippen molar-refractivity contribution < 1.29 is 13.2 Å². The van der Waals surface area contributed by atoms with E-state index >= 15 is 0 Å². The Kier molecular flexibility index (Phi) is 3.11. The lowest BCUT2D eigenvalue weighted by Gasteiger charge is -2.35. The molecule has 0 aliphatic carbocycles. The van der Waals surface area contributed by atoms with Gasteiger partial charge in [-0.25, -0.2) is 8.42 Å². The molecule has 6 heteroatoms. The van der Waals surface area contributed by atoms with Gasteiger partial charge in [0.25, 0.3) is 0 Å². The van der Waals surface area contributed by atoms with Crippen LogP contribution in [0.2, 0.25) is 0 Å². The number of methoxy groups -OCH3 is 1. The molecule has 0 aromatic heterocycles. The van der Waals surface area contributed by atoms with Gasteiger partial charge in [0.1, 0.15) is 10.6 Å². The van der Waals surface area contributed by atoms with Crippen molar-refractivity contribution in [1.29, 1.82) is 0 Å². The van der Waals surface area contributed by atoms with Gasteiger partial charge in [0.05, 0.1) is 7.11 Å². The summed E-state index contributed by atoms with van der Waals surface area (Å²) in [7, 11) is -2.01. The van der Waals surface area contributed by atoms with Gasteiger partial charge in [-0.15, -0.1) is 0 Å². The number of rotatable bonds is 3. The third kappa shape index (κ3) is 2.15. The summed E-state index contributed by atoms with van der Waals surface area (Å²) < 4.78 is 31.0. The second-order valence-electron chi connectivity index (χ2n) is 4.24. The van der Waals surface area contributed by atoms with Crippen molar-refractivity contribution in [2.45, 2.75) is 17.9 Å². The molecule has 0 spiro atoms. The fraction of sp³-hybridized carbons (Fsp3) is 0.455. The molecule has 1 aliphatic rings. The number of nitrogens with zero attached hydrogens (tertiary/aromatic N) is 1. The number of sulfonamides is 1. The molecule has 0 amide bonds. The van der Waals surface area contributed by atoms with Crippen molar-refractivity contribution in [3.05, 3.63) is 23.8 Å². The lowest BCUT2D eigenvalue weighted by Crippen LogP contribution is -2.57. The van der Waals surface area contributed by atoms with Gasteiger partial charge in [0, 0.05) is 19.1 Å². The Balaban J connectivity index is 2.42. The van der Waals surface area contributed by atoms with Crippen molar-refractivity contribution in [2.24, 2.45) is 5.73 Å². The summed E-state index contributed by atoms with van der Waals surface area (Å²) in [6, 6.07) is 5.06. The van der Waals surface area contributed by atoms with Crippen LogP contribution in [-0.4, -0.2) is 39.0 Å². The van der Waals surface area contributed by atoms with Crippen LogP contribution in [0, 0.1) is 6.92 Å². The molecule has 17 heavy (non-hydrogen) atoms. The lowest BCUT2D eigenvalue weighted by atomic mass is 10.2. The third-order valence-corrected chi connectivity index (χ3v) is 4.67. The third-order valence-electron chi connectivity index (χ3n) is 2.81. The van der Waals surface area contributed by atoms with Crippen molar-refractivity contribution in [3.8, 4) is 5.75 Å². The van der Waals surface area contributed by atoms with Crippen LogP contribution in [0.15, 0.2) is 23.1 Å². The number of hydrogen-bond acceptors (Lipinski definition) is 4. The molecule has 1 aliphatic heterocycles. The molecule has 1 saturated heterocycles. The minimum absolute atomic E-state index is 0.0550. The monoisotopic (exact) mass is 256 g/mol. The molecular formula is C11H16N2O3S. The minimum Gasteiger partial charge on any atom is -0.495 e. The Bertz CT molecular complexity index is 522. The first-order valence-electron chi connectivity index (χ1n) is 5.35. The molecule has 5 nitrogen and oxygen atoms in total. The number of benzene rings is 1. The highest BCUT2D eigenvalue weighted by atomic mass is 32.2. The van der Waals surface area contributed by atoms with E-state index in [1.807, 2.05) is 13.0 Å². The molecular weight excluding hydrogens is 240 g/mol. The molecule has 2 rings (SSSR count). The predicted molar refractivity (Wildman–Crippen MR) is 64.5 cm³/mol. The Morgan fingerprint density at radius 1 is 1.41 bits per heavy atom. The molecule has 94 valence electrons.